The van der Waals surface area contributed by atoms with Crippen LogP contribution in [0.1, 0.15) is 22.1 Å². The number of halogens is 2. The summed E-state index contributed by atoms with van der Waals surface area (Å²) in [6.07, 6.45) is 1.70. The van der Waals surface area contributed by atoms with Crippen molar-refractivity contribution >= 4 is 51.6 Å². The minimum atomic E-state index is -0.345. The molecule has 0 atom stereocenters. The molecule has 1 heterocycles. The lowest BCUT2D eigenvalue weighted by Gasteiger charge is -2.08. The summed E-state index contributed by atoms with van der Waals surface area (Å²) in [6, 6.07) is 11.9. The third kappa shape index (κ3) is 3.09. The highest BCUT2D eigenvalue weighted by Crippen LogP contribution is 2.24. The minimum absolute atomic E-state index is 0.0671. The molecular weight excluding hydrogens is 335 g/mol. The summed E-state index contributed by atoms with van der Waals surface area (Å²) in [6.45, 7) is 1.50. The average Bonchev–Trinajstić information content (AvgIpc) is 2.93. The van der Waals surface area contributed by atoms with Crippen LogP contribution in [-0.4, -0.2) is 16.4 Å². The van der Waals surface area contributed by atoms with Crippen LogP contribution in [0.3, 0.4) is 0 Å². The number of fused-ring (bicyclic) bond motifs is 1. The zero-order valence-corrected chi connectivity index (χ0v) is 13.7. The van der Waals surface area contributed by atoms with Crippen LogP contribution in [-0.2, 0) is 0 Å². The minimum Gasteiger partial charge on any atom is -0.322 e. The van der Waals surface area contributed by atoms with Crippen molar-refractivity contribution in [1.82, 2.24) is 4.57 Å². The van der Waals surface area contributed by atoms with Crippen LogP contribution in [0.2, 0.25) is 10.0 Å². The average molecular weight is 347 g/mol. The van der Waals surface area contributed by atoms with Crippen molar-refractivity contribution in [3.63, 3.8) is 0 Å². The molecule has 0 unspecified atom stereocenters. The molecule has 3 aromatic rings. The zero-order valence-electron chi connectivity index (χ0n) is 12.1. The van der Waals surface area contributed by atoms with Gasteiger partial charge in [0, 0.05) is 29.2 Å². The maximum atomic E-state index is 12.3. The molecule has 0 aliphatic rings. The van der Waals surface area contributed by atoms with Gasteiger partial charge in [-0.25, -0.2) is 0 Å². The van der Waals surface area contributed by atoms with E-state index in [4.69, 9.17) is 23.2 Å². The van der Waals surface area contributed by atoms with Crippen molar-refractivity contribution in [2.75, 3.05) is 5.32 Å². The molecule has 0 radical (unpaired) electrons. The van der Waals surface area contributed by atoms with Gasteiger partial charge in [-0.05, 0) is 42.5 Å². The first-order valence-electron chi connectivity index (χ1n) is 6.84. The van der Waals surface area contributed by atoms with Gasteiger partial charge in [-0.15, -0.1) is 0 Å². The molecule has 0 saturated carbocycles. The predicted octanol–water partition coefficient (Wildman–Crippen LogP) is 4.86. The van der Waals surface area contributed by atoms with E-state index >= 15 is 0 Å². The first-order valence-corrected chi connectivity index (χ1v) is 7.60. The number of carbonyl (C=O) groups is 2. The van der Waals surface area contributed by atoms with E-state index < -0.39 is 0 Å². The molecule has 3 rings (SSSR count). The number of rotatable bonds is 2. The molecule has 6 heteroatoms. The van der Waals surface area contributed by atoms with Crippen molar-refractivity contribution in [3.05, 3.63) is 64.3 Å². The van der Waals surface area contributed by atoms with Crippen LogP contribution in [0.25, 0.3) is 10.9 Å². The number of nitrogens with one attached hydrogen (secondary N) is 1. The smallest absolute Gasteiger partial charge is 0.257 e. The van der Waals surface area contributed by atoms with E-state index in [1.54, 1.807) is 41.1 Å². The van der Waals surface area contributed by atoms with Gasteiger partial charge in [0.05, 0.1) is 16.1 Å². The normalized spacial score (nSPS) is 10.7. The molecule has 0 bridgehead atoms. The molecule has 1 aromatic heterocycles. The lowest BCUT2D eigenvalue weighted by molar-refractivity contribution is 0.0941. The van der Waals surface area contributed by atoms with Gasteiger partial charge in [-0.1, -0.05) is 23.2 Å². The van der Waals surface area contributed by atoms with Gasteiger partial charge in [0.15, 0.2) is 0 Å². The molecule has 1 amide bonds. The quantitative estimate of drug-likeness (QED) is 0.720. The fourth-order valence-corrected chi connectivity index (χ4v) is 2.74. The van der Waals surface area contributed by atoms with Crippen LogP contribution >= 0.6 is 23.2 Å². The highest BCUT2D eigenvalue weighted by Gasteiger charge is 2.12. The number of nitrogens with zero attached hydrogens (tertiary/aromatic N) is 1. The van der Waals surface area contributed by atoms with Crippen molar-refractivity contribution in [2.45, 2.75) is 6.92 Å². The third-order valence-electron chi connectivity index (χ3n) is 3.46. The van der Waals surface area contributed by atoms with Crippen LogP contribution < -0.4 is 5.32 Å². The number of hydrogen-bond acceptors (Lipinski definition) is 2. The maximum absolute atomic E-state index is 12.3. The van der Waals surface area contributed by atoms with Gasteiger partial charge < -0.3 is 5.32 Å². The SMILES string of the molecule is CC(=O)n1ccc2cc(NC(=O)c3cc(Cl)ccc3Cl)ccc21. The Bertz CT molecular complexity index is 931. The topological polar surface area (TPSA) is 51.1 Å². The summed E-state index contributed by atoms with van der Waals surface area (Å²) in [5.74, 6) is -0.412. The summed E-state index contributed by atoms with van der Waals surface area (Å²) in [5.41, 5.74) is 1.71. The molecule has 23 heavy (non-hydrogen) atoms. The molecule has 1 N–H and O–H groups in total. The van der Waals surface area contributed by atoms with Crippen molar-refractivity contribution in [2.24, 2.45) is 0 Å². The monoisotopic (exact) mass is 346 g/mol. The van der Waals surface area contributed by atoms with E-state index in [1.165, 1.54) is 13.0 Å². The molecule has 0 fully saturated rings. The lowest BCUT2D eigenvalue weighted by Crippen LogP contribution is -2.12. The Morgan fingerprint density at radius 3 is 2.57 bits per heavy atom. The van der Waals surface area contributed by atoms with Crippen LogP contribution in [0, 0.1) is 0 Å². The molecule has 0 aliphatic heterocycles. The molecule has 0 aliphatic carbocycles. The van der Waals surface area contributed by atoms with Crippen LogP contribution in [0.5, 0.6) is 0 Å². The first-order chi connectivity index (χ1) is 11.0. The molecule has 116 valence electrons. The predicted molar refractivity (Wildman–Crippen MR) is 92.7 cm³/mol. The Morgan fingerprint density at radius 1 is 1.04 bits per heavy atom. The van der Waals surface area contributed by atoms with Crippen LogP contribution in [0.15, 0.2) is 48.7 Å². The highest BCUT2D eigenvalue weighted by molar-refractivity contribution is 6.36. The zero-order chi connectivity index (χ0) is 16.6. The molecule has 4 nitrogen and oxygen atoms in total. The van der Waals surface area contributed by atoms with Crippen molar-refractivity contribution in [3.8, 4) is 0 Å². The van der Waals surface area contributed by atoms with Gasteiger partial charge in [0.2, 0.25) is 5.91 Å². The Balaban J connectivity index is 1.91. The summed E-state index contributed by atoms with van der Waals surface area (Å²) in [7, 11) is 0. The van der Waals surface area contributed by atoms with Gasteiger partial charge in [0.25, 0.3) is 5.91 Å². The second-order valence-electron chi connectivity index (χ2n) is 5.06. The van der Waals surface area contributed by atoms with Gasteiger partial charge >= 0.3 is 0 Å². The molecular formula is C17H12Cl2N2O2. The molecule has 0 saturated heterocycles. The second kappa shape index (κ2) is 6.07. The molecule has 0 spiro atoms. The van der Waals surface area contributed by atoms with Gasteiger partial charge in [-0.2, -0.15) is 0 Å². The number of amides is 1. The van der Waals surface area contributed by atoms with E-state index in [2.05, 4.69) is 5.32 Å². The Hall–Kier alpha value is -2.30. The number of aromatic nitrogens is 1. The molecule has 2 aromatic carbocycles. The maximum Gasteiger partial charge on any atom is 0.257 e. The van der Waals surface area contributed by atoms with Crippen molar-refractivity contribution in [1.29, 1.82) is 0 Å². The van der Waals surface area contributed by atoms with E-state index in [0.29, 0.717) is 21.3 Å². The van der Waals surface area contributed by atoms with Crippen molar-refractivity contribution < 1.29 is 9.59 Å². The Kier molecular flexibility index (Phi) is 4.11. The number of anilines is 1. The highest BCUT2D eigenvalue weighted by atomic mass is 35.5. The first kappa shape index (κ1) is 15.6. The number of carbonyl (C=O) groups excluding carboxylic acids is 2. The van der Waals surface area contributed by atoms with Gasteiger partial charge in [0.1, 0.15) is 0 Å². The summed E-state index contributed by atoms with van der Waals surface area (Å²) in [4.78, 5) is 23.8. The van der Waals surface area contributed by atoms with Crippen LogP contribution in [0.4, 0.5) is 5.69 Å². The third-order valence-corrected chi connectivity index (χ3v) is 4.03. The lowest BCUT2D eigenvalue weighted by atomic mass is 10.2. The van der Waals surface area contributed by atoms with E-state index in [-0.39, 0.29) is 11.8 Å². The second-order valence-corrected chi connectivity index (χ2v) is 5.90. The number of hydrogen-bond donors (Lipinski definition) is 1. The Morgan fingerprint density at radius 2 is 1.83 bits per heavy atom. The summed E-state index contributed by atoms with van der Waals surface area (Å²) < 4.78 is 1.55. The van der Waals surface area contributed by atoms with Gasteiger partial charge in [-0.3, -0.25) is 14.2 Å². The standard InChI is InChI=1S/C17H12Cl2N2O2/c1-10(22)21-7-6-11-8-13(3-5-16(11)21)20-17(23)14-9-12(18)2-4-15(14)19/h2-9H,1H3,(H,20,23). The summed E-state index contributed by atoms with van der Waals surface area (Å²) in [5, 5.41) is 4.41. The van der Waals surface area contributed by atoms with E-state index in [0.717, 1.165) is 10.9 Å². The summed E-state index contributed by atoms with van der Waals surface area (Å²) >= 11 is 11.9. The van der Waals surface area contributed by atoms with E-state index in [9.17, 15) is 9.59 Å². The van der Waals surface area contributed by atoms with E-state index in [1.807, 2.05) is 6.07 Å². The fourth-order valence-electron chi connectivity index (χ4n) is 2.36. The number of benzene rings is 2. The fraction of sp³-hybridized carbons (Fsp3) is 0.0588. The largest absolute Gasteiger partial charge is 0.322 e. The Labute approximate surface area is 142 Å².